The molecule has 1 amide bonds. The number of anilines is 1. The molecule has 8 nitrogen and oxygen atoms in total. The Kier molecular flexibility index (Phi) is 5.68. The van der Waals surface area contributed by atoms with Crippen LogP contribution in [0, 0.1) is 0 Å². The number of benzene rings is 3. The Morgan fingerprint density at radius 3 is 2.52 bits per heavy atom. The number of carbonyl (C=O) groups excluding carboxylic acids is 1. The number of para-hydroxylation sites is 1. The molecule has 9 heteroatoms. The van der Waals surface area contributed by atoms with Gasteiger partial charge >= 0.3 is 0 Å². The molecule has 4 aromatic rings. The highest BCUT2D eigenvalue weighted by molar-refractivity contribution is 7.93. The van der Waals surface area contributed by atoms with E-state index in [-0.39, 0.29) is 35.0 Å². The van der Waals surface area contributed by atoms with Gasteiger partial charge in [0.15, 0.2) is 5.52 Å². The summed E-state index contributed by atoms with van der Waals surface area (Å²) in [5, 5.41) is 10.3. The highest BCUT2D eigenvalue weighted by Gasteiger charge is 2.23. The average molecular weight is 439 g/mol. The molecular weight excluding hydrogens is 416 g/mol. The first-order valence-corrected chi connectivity index (χ1v) is 11.2. The monoisotopic (exact) mass is 438 g/mol. The number of amides is 1. The van der Waals surface area contributed by atoms with Gasteiger partial charge in [0.25, 0.3) is 15.9 Å². The highest BCUT2D eigenvalue weighted by atomic mass is 32.2. The Bertz CT molecular complexity index is 1330. The number of carbonyl (C=O) groups is 1. The number of sulfonamides is 1. The molecule has 0 aliphatic carbocycles. The molecule has 0 saturated heterocycles. The minimum Gasteiger partial charge on any atom is -0.345 e. The molecule has 1 heterocycles. The smallest absolute Gasteiger partial charge is 0.264 e. The minimum absolute atomic E-state index is 0. The molecule has 0 fully saturated rings. The summed E-state index contributed by atoms with van der Waals surface area (Å²) in [7, 11) is -4.04. The summed E-state index contributed by atoms with van der Waals surface area (Å²) in [5.41, 5.74) is 1.79. The highest BCUT2D eigenvalue weighted by Crippen LogP contribution is 2.25. The summed E-state index contributed by atoms with van der Waals surface area (Å²) < 4.78 is 33.2. The fourth-order valence-electron chi connectivity index (χ4n) is 3.31. The Labute approximate surface area is 180 Å². The first kappa shape index (κ1) is 20.5. The van der Waals surface area contributed by atoms with Crippen LogP contribution in [0.3, 0.4) is 0 Å². The second kappa shape index (κ2) is 8.57. The Morgan fingerprint density at radius 1 is 1.00 bits per heavy atom. The van der Waals surface area contributed by atoms with Gasteiger partial charge in [-0.1, -0.05) is 55.5 Å². The normalized spacial score (nSPS) is 12.4. The minimum atomic E-state index is -4.04. The summed E-state index contributed by atoms with van der Waals surface area (Å²) in [6, 6.07) is 20.4. The van der Waals surface area contributed by atoms with Crippen molar-refractivity contribution in [1.82, 2.24) is 15.6 Å². The van der Waals surface area contributed by atoms with Gasteiger partial charge in [-0.15, -0.1) is 0 Å². The average Bonchev–Trinajstić information content (AvgIpc) is 3.27. The number of aromatic nitrogens is 2. The van der Waals surface area contributed by atoms with Crippen molar-refractivity contribution in [1.29, 1.82) is 0 Å². The number of rotatable bonds is 7. The van der Waals surface area contributed by atoms with E-state index >= 15 is 0 Å². The summed E-state index contributed by atoms with van der Waals surface area (Å²) in [5.74, 6) is -0.379. The molecule has 1 atom stereocenters. The van der Waals surface area contributed by atoms with Crippen LogP contribution in [0.5, 0.6) is 0 Å². The van der Waals surface area contributed by atoms with E-state index < -0.39 is 10.0 Å². The number of hydrogen-bond acceptors (Lipinski definition) is 6. The zero-order chi connectivity index (χ0) is 21.8. The molecule has 0 unspecified atom stereocenters. The van der Waals surface area contributed by atoms with Crippen LogP contribution < -0.4 is 10.0 Å². The van der Waals surface area contributed by atoms with Crippen LogP contribution in [-0.2, 0) is 10.0 Å². The SMILES string of the molecule is CC[C@H](NC(=O)c1ccccc1NS(=O)(=O)c1cccc2nonc12)c1ccccc1.[HH]. The topological polar surface area (TPSA) is 114 Å². The van der Waals surface area contributed by atoms with Gasteiger partial charge in [-0.05, 0) is 46.6 Å². The molecule has 0 saturated carbocycles. The maximum atomic E-state index is 13.0. The zero-order valence-electron chi connectivity index (χ0n) is 16.6. The van der Waals surface area contributed by atoms with E-state index in [0.717, 1.165) is 5.56 Å². The van der Waals surface area contributed by atoms with Crippen LogP contribution in [0.15, 0.2) is 82.3 Å². The predicted octanol–water partition coefficient (Wildman–Crippen LogP) is 4.15. The Hall–Kier alpha value is -3.72. The molecule has 0 radical (unpaired) electrons. The molecule has 160 valence electrons. The summed E-state index contributed by atoms with van der Waals surface area (Å²) in [6.45, 7) is 1.97. The Morgan fingerprint density at radius 2 is 1.74 bits per heavy atom. The summed E-state index contributed by atoms with van der Waals surface area (Å²) >= 11 is 0. The maximum Gasteiger partial charge on any atom is 0.264 e. The van der Waals surface area contributed by atoms with Crippen molar-refractivity contribution in [3.63, 3.8) is 0 Å². The number of fused-ring (bicyclic) bond motifs is 1. The molecular formula is C22H22N4O4S. The van der Waals surface area contributed by atoms with Crippen molar-refractivity contribution >= 4 is 32.7 Å². The lowest BCUT2D eigenvalue weighted by molar-refractivity contribution is 0.0936. The molecule has 2 N–H and O–H groups in total. The molecule has 4 rings (SSSR count). The van der Waals surface area contributed by atoms with Crippen molar-refractivity contribution in [3.05, 3.63) is 83.9 Å². The molecule has 31 heavy (non-hydrogen) atoms. The quantitative estimate of drug-likeness (QED) is 0.448. The van der Waals surface area contributed by atoms with Crippen LogP contribution in [0.1, 0.15) is 36.7 Å². The maximum absolute atomic E-state index is 13.0. The second-order valence-electron chi connectivity index (χ2n) is 6.88. The van der Waals surface area contributed by atoms with Gasteiger partial charge in [-0.2, -0.15) is 0 Å². The predicted molar refractivity (Wildman–Crippen MR) is 118 cm³/mol. The first-order chi connectivity index (χ1) is 15.0. The lowest BCUT2D eigenvalue weighted by Gasteiger charge is -2.19. The molecule has 0 spiro atoms. The number of nitrogens with one attached hydrogen (secondary N) is 2. The van der Waals surface area contributed by atoms with E-state index in [0.29, 0.717) is 11.9 Å². The largest absolute Gasteiger partial charge is 0.345 e. The van der Waals surface area contributed by atoms with Crippen molar-refractivity contribution in [2.75, 3.05) is 4.72 Å². The summed E-state index contributed by atoms with van der Waals surface area (Å²) in [4.78, 5) is 12.9. The molecule has 0 bridgehead atoms. The fraction of sp³-hybridized carbons (Fsp3) is 0.136. The van der Waals surface area contributed by atoms with Gasteiger partial charge in [-0.3, -0.25) is 9.52 Å². The number of hydrogen-bond donors (Lipinski definition) is 2. The van der Waals surface area contributed by atoms with Crippen molar-refractivity contribution in [2.24, 2.45) is 0 Å². The van der Waals surface area contributed by atoms with E-state index in [1.807, 2.05) is 37.3 Å². The number of nitrogens with zero attached hydrogens (tertiary/aromatic N) is 2. The van der Waals surface area contributed by atoms with Crippen LogP contribution in [0.2, 0.25) is 0 Å². The van der Waals surface area contributed by atoms with Crippen LogP contribution in [0.4, 0.5) is 5.69 Å². The van der Waals surface area contributed by atoms with Crippen molar-refractivity contribution < 1.29 is 19.3 Å². The third kappa shape index (κ3) is 4.26. The van der Waals surface area contributed by atoms with Crippen molar-refractivity contribution in [2.45, 2.75) is 24.3 Å². The zero-order valence-corrected chi connectivity index (χ0v) is 17.5. The third-order valence-corrected chi connectivity index (χ3v) is 6.27. The first-order valence-electron chi connectivity index (χ1n) is 9.68. The standard InChI is InChI=1S/C22H20N4O4S.H2/c1-2-17(15-9-4-3-5-10-15)23-22(27)16-11-6-7-12-18(16)26-31(28,29)20-14-8-13-19-21(20)25-30-24-19;/h3-14,17,26H,2H2,1H3,(H,23,27);1H/t17-;/m0./s1. The molecule has 0 aliphatic rings. The van der Waals surface area contributed by atoms with Crippen LogP contribution >= 0.6 is 0 Å². The van der Waals surface area contributed by atoms with E-state index in [1.165, 1.54) is 12.1 Å². The van der Waals surface area contributed by atoms with Gasteiger partial charge in [0, 0.05) is 1.43 Å². The second-order valence-corrected chi connectivity index (χ2v) is 8.53. The van der Waals surface area contributed by atoms with Crippen molar-refractivity contribution in [3.8, 4) is 0 Å². The lowest BCUT2D eigenvalue weighted by atomic mass is 10.0. The van der Waals surface area contributed by atoms with Gasteiger partial charge in [0.2, 0.25) is 0 Å². The summed E-state index contributed by atoms with van der Waals surface area (Å²) in [6.07, 6.45) is 0.685. The lowest BCUT2D eigenvalue weighted by Crippen LogP contribution is -2.29. The van der Waals surface area contributed by atoms with E-state index in [4.69, 9.17) is 0 Å². The molecule has 0 aliphatic heterocycles. The van der Waals surface area contributed by atoms with Crippen LogP contribution in [0.25, 0.3) is 11.0 Å². The van der Waals surface area contributed by atoms with Gasteiger partial charge in [0.05, 0.1) is 17.3 Å². The van der Waals surface area contributed by atoms with E-state index in [1.54, 1.807) is 30.3 Å². The van der Waals surface area contributed by atoms with Gasteiger partial charge < -0.3 is 5.32 Å². The fourth-order valence-corrected chi connectivity index (χ4v) is 4.54. The van der Waals surface area contributed by atoms with E-state index in [9.17, 15) is 13.2 Å². The van der Waals surface area contributed by atoms with Gasteiger partial charge in [-0.25, -0.2) is 13.0 Å². The third-order valence-electron chi connectivity index (χ3n) is 4.87. The molecule has 1 aromatic heterocycles. The Balaban J connectivity index is 0.00000289. The van der Waals surface area contributed by atoms with Gasteiger partial charge in [0.1, 0.15) is 10.4 Å². The van der Waals surface area contributed by atoms with E-state index in [2.05, 4.69) is 25.0 Å². The molecule has 3 aromatic carbocycles. The van der Waals surface area contributed by atoms with Crippen LogP contribution in [-0.4, -0.2) is 24.6 Å².